The predicted molar refractivity (Wildman–Crippen MR) is 115 cm³/mol. The van der Waals surface area contributed by atoms with Crippen molar-refractivity contribution in [3.63, 3.8) is 0 Å². The number of carbonyl (C=O) groups is 2. The maximum atomic E-state index is 12.3. The molecule has 164 valence electrons. The highest BCUT2D eigenvalue weighted by molar-refractivity contribution is 6.02. The number of aliphatic hydroxyl groups excluding tert-OH is 1. The lowest BCUT2D eigenvalue weighted by Crippen LogP contribution is -2.53. The van der Waals surface area contributed by atoms with Crippen molar-refractivity contribution < 1.29 is 19.8 Å². The first-order valence-electron chi connectivity index (χ1n) is 9.99. The third-order valence-corrected chi connectivity index (χ3v) is 5.90. The van der Waals surface area contributed by atoms with E-state index in [0.29, 0.717) is 18.5 Å². The number of anilines is 1. The predicted octanol–water partition coefficient (Wildman–Crippen LogP) is 0.336. The van der Waals surface area contributed by atoms with Crippen LogP contribution in [0.15, 0.2) is 18.2 Å². The van der Waals surface area contributed by atoms with Gasteiger partial charge >= 0.3 is 0 Å². The van der Waals surface area contributed by atoms with E-state index < -0.39 is 12.2 Å². The van der Waals surface area contributed by atoms with E-state index >= 15 is 0 Å². The minimum atomic E-state index is -1.31. The quantitative estimate of drug-likeness (QED) is 0.467. The number of imide groups is 1. The van der Waals surface area contributed by atoms with Crippen LogP contribution in [0, 0.1) is 0 Å². The molecule has 0 saturated carbocycles. The Balaban J connectivity index is 0.00000256. The summed E-state index contributed by atoms with van der Waals surface area (Å²) < 4.78 is 1.79. The third-order valence-electron chi connectivity index (χ3n) is 5.90. The molecule has 2 aliphatic heterocycles. The Morgan fingerprint density at radius 3 is 2.70 bits per heavy atom. The molecule has 10 heteroatoms. The number of β-amino-alcohol motifs (C(OH)–C–C–N with tert-alkyl or cyclic N) is 2. The van der Waals surface area contributed by atoms with Gasteiger partial charge in [0.1, 0.15) is 0 Å². The number of rotatable bonds is 4. The van der Waals surface area contributed by atoms with Gasteiger partial charge in [0, 0.05) is 56.8 Å². The lowest BCUT2D eigenvalue weighted by Gasteiger charge is -2.41. The van der Waals surface area contributed by atoms with Crippen LogP contribution in [0.4, 0.5) is 5.69 Å². The highest BCUT2D eigenvalue weighted by Crippen LogP contribution is 2.33. The van der Waals surface area contributed by atoms with Crippen LogP contribution >= 0.6 is 12.4 Å². The summed E-state index contributed by atoms with van der Waals surface area (Å²) in [7, 11) is 1.87. The number of aryl methyl sites for hydroxylation is 1. The van der Waals surface area contributed by atoms with E-state index in [4.69, 9.17) is 0 Å². The molecule has 2 fully saturated rings. The molecule has 2 aromatic rings. The number of benzene rings is 1. The largest absolute Gasteiger partial charge is 0.367 e. The van der Waals surface area contributed by atoms with Crippen molar-refractivity contribution in [1.29, 1.82) is 0 Å². The average Bonchev–Trinajstić information content (AvgIpc) is 2.97. The summed E-state index contributed by atoms with van der Waals surface area (Å²) in [6.45, 7) is 4.68. The molecule has 0 radical (unpaired) electrons. The summed E-state index contributed by atoms with van der Waals surface area (Å²) >= 11 is 0. The van der Waals surface area contributed by atoms with Crippen LogP contribution in [0.3, 0.4) is 0 Å². The Morgan fingerprint density at radius 2 is 2.03 bits per heavy atom. The fraction of sp³-hybridized carbons (Fsp3) is 0.550. The summed E-state index contributed by atoms with van der Waals surface area (Å²) in [5.41, 5.74) is 2.74. The number of aromatic nitrogens is 2. The normalized spacial score (nSPS) is 23.0. The van der Waals surface area contributed by atoms with Crippen LogP contribution in [-0.2, 0) is 16.6 Å². The Hall–Kier alpha value is -2.20. The topological polar surface area (TPSA) is 111 Å². The number of piperidine rings is 1. The van der Waals surface area contributed by atoms with E-state index in [0.717, 1.165) is 36.2 Å². The second-order valence-electron chi connectivity index (χ2n) is 8.00. The number of amides is 2. The number of halogens is 1. The number of carbonyl (C=O) groups excluding carboxylic acids is 2. The SMILES string of the molecule is C[C@@H]1CN(CC(O)O)CCN1c1ccc2c(C3CCC(=O)NC3=O)nn(C)c2c1.Cl. The molecule has 0 aliphatic carbocycles. The van der Waals surface area contributed by atoms with E-state index in [-0.39, 0.29) is 36.8 Å². The van der Waals surface area contributed by atoms with Gasteiger partial charge in [0.05, 0.1) is 17.1 Å². The molecule has 0 spiro atoms. The zero-order chi connectivity index (χ0) is 20.7. The Labute approximate surface area is 181 Å². The summed E-state index contributed by atoms with van der Waals surface area (Å²) in [6, 6.07) is 6.37. The molecule has 2 atom stereocenters. The number of nitrogens with one attached hydrogen (secondary N) is 1. The summed E-state index contributed by atoms with van der Waals surface area (Å²) in [5, 5.41) is 26.4. The lowest BCUT2D eigenvalue weighted by molar-refractivity contribution is -0.134. The molecule has 30 heavy (non-hydrogen) atoms. The first-order chi connectivity index (χ1) is 13.8. The number of hydrogen-bond acceptors (Lipinski definition) is 7. The van der Waals surface area contributed by atoms with Crippen LogP contribution in [0.1, 0.15) is 31.4 Å². The number of hydrogen-bond donors (Lipinski definition) is 3. The maximum Gasteiger partial charge on any atom is 0.235 e. The van der Waals surface area contributed by atoms with Gasteiger partial charge in [-0.25, -0.2) is 0 Å². The van der Waals surface area contributed by atoms with Crippen LogP contribution in [0.5, 0.6) is 0 Å². The number of aliphatic hydroxyl groups is 2. The zero-order valence-electron chi connectivity index (χ0n) is 17.1. The van der Waals surface area contributed by atoms with E-state index in [1.807, 2.05) is 19.2 Å². The van der Waals surface area contributed by atoms with Gasteiger partial charge in [-0.15, -0.1) is 12.4 Å². The van der Waals surface area contributed by atoms with Crippen molar-refractivity contribution in [2.24, 2.45) is 7.05 Å². The minimum Gasteiger partial charge on any atom is -0.367 e. The first kappa shape index (κ1) is 22.5. The van der Waals surface area contributed by atoms with E-state index in [2.05, 4.69) is 33.2 Å². The van der Waals surface area contributed by atoms with Crippen molar-refractivity contribution >= 4 is 40.8 Å². The van der Waals surface area contributed by atoms with Gasteiger partial charge in [0.15, 0.2) is 6.29 Å². The molecule has 9 nitrogen and oxygen atoms in total. The molecular formula is C20H28ClN5O4. The molecule has 3 heterocycles. The zero-order valence-corrected chi connectivity index (χ0v) is 17.9. The van der Waals surface area contributed by atoms with Crippen molar-refractivity contribution in [2.75, 3.05) is 31.1 Å². The summed E-state index contributed by atoms with van der Waals surface area (Å²) in [5.74, 6) is -0.911. The molecule has 0 bridgehead atoms. The summed E-state index contributed by atoms with van der Waals surface area (Å²) in [6.07, 6.45) is -0.504. The third kappa shape index (κ3) is 4.29. The van der Waals surface area contributed by atoms with Gasteiger partial charge in [-0.3, -0.25) is 24.5 Å². The fourth-order valence-electron chi connectivity index (χ4n) is 4.48. The molecule has 1 unspecified atom stereocenters. The van der Waals surface area contributed by atoms with E-state index in [1.54, 1.807) is 4.68 Å². The van der Waals surface area contributed by atoms with Gasteiger partial charge in [-0.2, -0.15) is 5.10 Å². The molecule has 2 aliphatic rings. The lowest BCUT2D eigenvalue weighted by atomic mass is 9.92. The van der Waals surface area contributed by atoms with Crippen LogP contribution in [0.2, 0.25) is 0 Å². The smallest absolute Gasteiger partial charge is 0.235 e. The monoisotopic (exact) mass is 437 g/mol. The average molecular weight is 438 g/mol. The van der Waals surface area contributed by atoms with Crippen molar-refractivity contribution in [3.05, 3.63) is 23.9 Å². The van der Waals surface area contributed by atoms with Crippen molar-refractivity contribution in [1.82, 2.24) is 20.0 Å². The van der Waals surface area contributed by atoms with Crippen LogP contribution < -0.4 is 10.2 Å². The molecule has 1 aromatic carbocycles. The molecule has 3 N–H and O–H groups in total. The summed E-state index contributed by atoms with van der Waals surface area (Å²) in [4.78, 5) is 28.1. The van der Waals surface area contributed by atoms with Crippen molar-refractivity contribution in [3.8, 4) is 0 Å². The maximum absolute atomic E-state index is 12.3. The van der Waals surface area contributed by atoms with Gasteiger partial charge in [0.25, 0.3) is 0 Å². The van der Waals surface area contributed by atoms with Gasteiger partial charge in [-0.05, 0) is 31.5 Å². The van der Waals surface area contributed by atoms with Crippen LogP contribution in [-0.4, -0.2) is 75.2 Å². The second kappa shape index (κ2) is 8.89. The molecule has 1 aromatic heterocycles. The van der Waals surface area contributed by atoms with Gasteiger partial charge in [0.2, 0.25) is 11.8 Å². The van der Waals surface area contributed by atoms with Crippen molar-refractivity contribution in [2.45, 2.75) is 38.0 Å². The molecule has 2 amide bonds. The van der Waals surface area contributed by atoms with E-state index in [1.165, 1.54) is 0 Å². The Morgan fingerprint density at radius 1 is 1.27 bits per heavy atom. The minimum absolute atomic E-state index is 0. The fourth-order valence-corrected chi connectivity index (χ4v) is 4.48. The Bertz CT molecular complexity index is 947. The highest BCUT2D eigenvalue weighted by Gasteiger charge is 2.32. The highest BCUT2D eigenvalue weighted by atomic mass is 35.5. The Kier molecular flexibility index (Phi) is 6.66. The number of fused-ring (bicyclic) bond motifs is 1. The van der Waals surface area contributed by atoms with Gasteiger partial charge < -0.3 is 15.1 Å². The number of piperazine rings is 1. The second-order valence-corrected chi connectivity index (χ2v) is 8.00. The standard InChI is InChI=1S/C20H27N5O4.ClH/c1-12-10-24(11-18(27)28)7-8-25(12)13-3-4-14-16(9-13)23(2)22-19(14)15-5-6-17(26)21-20(15)29;/h3-4,9,12,15,18,27-28H,5-8,10-11H2,1-2H3,(H,21,26,29);1H/t12-,15?;/m1./s1. The molecular weight excluding hydrogens is 410 g/mol. The van der Waals surface area contributed by atoms with E-state index in [9.17, 15) is 19.8 Å². The first-order valence-corrected chi connectivity index (χ1v) is 9.99. The molecule has 4 rings (SSSR count). The number of nitrogens with zero attached hydrogens (tertiary/aromatic N) is 4. The van der Waals surface area contributed by atoms with Gasteiger partial charge in [-0.1, -0.05) is 0 Å². The molecule has 2 saturated heterocycles. The van der Waals surface area contributed by atoms with Crippen LogP contribution in [0.25, 0.3) is 10.9 Å².